The topological polar surface area (TPSA) is 55.6 Å². The predicted octanol–water partition coefficient (Wildman–Crippen LogP) is 2.22. The number of hydrogen-bond acceptors (Lipinski definition) is 4. The standard InChI is InChI=1S/C17H28N2O2/c1-17(18,16(20)21-3)12-7-8-13-19(2)14-11-15-9-5-4-6-10-15/h4-6,9-10H,7-8,11-14,18H2,1-3H3. The zero-order chi connectivity index (χ0) is 15.7. The SMILES string of the molecule is COC(=O)C(C)(N)CCCCN(C)CCc1ccccc1. The molecule has 0 aliphatic carbocycles. The molecule has 1 atom stereocenters. The van der Waals surface area contributed by atoms with Gasteiger partial charge in [-0.1, -0.05) is 30.3 Å². The first-order valence-electron chi connectivity index (χ1n) is 7.55. The van der Waals surface area contributed by atoms with Crippen molar-refractivity contribution >= 4 is 5.97 Å². The first-order valence-corrected chi connectivity index (χ1v) is 7.55. The fourth-order valence-corrected chi connectivity index (χ4v) is 2.29. The van der Waals surface area contributed by atoms with Crippen LogP contribution in [0.1, 0.15) is 31.7 Å². The number of benzene rings is 1. The van der Waals surface area contributed by atoms with Gasteiger partial charge in [-0.05, 0) is 51.8 Å². The molecule has 4 heteroatoms. The minimum atomic E-state index is -0.864. The average molecular weight is 292 g/mol. The summed E-state index contributed by atoms with van der Waals surface area (Å²) in [5.74, 6) is -0.333. The van der Waals surface area contributed by atoms with E-state index in [-0.39, 0.29) is 5.97 Å². The molecule has 0 bridgehead atoms. The Bertz CT molecular complexity index is 418. The van der Waals surface area contributed by atoms with Crippen LogP contribution in [-0.2, 0) is 16.0 Å². The lowest BCUT2D eigenvalue weighted by molar-refractivity contribution is -0.146. The lowest BCUT2D eigenvalue weighted by atomic mass is 9.96. The van der Waals surface area contributed by atoms with Crippen molar-refractivity contribution in [1.82, 2.24) is 4.90 Å². The number of nitrogens with zero attached hydrogens (tertiary/aromatic N) is 1. The van der Waals surface area contributed by atoms with Crippen molar-refractivity contribution in [2.75, 3.05) is 27.2 Å². The van der Waals surface area contributed by atoms with Gasteiger partial charge in [0.25, 0.3) is 0 Å². The van der Waals surface area contributed by atoms with Crippen LogP contribution in [0.5, 0.6) is 0 Å². The molecular weight excluding hydrogens is 264 g/mol. The van der Waals surface area contributed by atoms with Gasteiger partial charge in [0.05, 0.1) is 7.11 Å². The lowest BCUT2D eigenvalue weighted by Gasteiger charge is -2.22. The summed E-state index contributed by atoms with van der Waals surface area (Å²) in [5, 5.41) is 0. The minimum absolute atomic E-state index is 0.333. The minimum Gasteiger partial charge on any atom is -0.468 e. The molecule has 21 heavy (non-hydrogen) atoms. The molecule has 1 unspecified atom stereocenters. The zero-order valence-corrected chi connectivity index (χ0v) is 13.5. The maximum absolute atomic E-state index is 11.5. The number of carbonyl (C=O) groups is 1. The van der Waals surface area contributed by atoms with E-state index in [1.54, 1.807) is 6.92 Å². The van der Waals surface area contributed by atoms with Gasteiger partial charge in [-0.15, -0.1) is 0 Å². The Balaban J connectivity index is 2.16. The van der Waals surface area contributed by atoms with Gasteiger partial charge in [0.15, 0.2) is 0 Å². The molecule has 0 fully saturated rings. The van der Waals surface area contributed by atoms with Crippen molar-refractivity contribution < 1.29 is 9.53 Å². The van der Waals surface area contributed by atoms with E-state index in [9.17, 15) is 4.79 Å². The third kappa shape index (κ3) is 6.74. The maximum Gasteiger partial charge on any atom is 0.325 e. The lowest BCUT2D eigenvalue weighted by Crippen LogP contribution is -2.45. The highest BCUT2D eigenvalue weighted by molar-refractivity contribution is 5.79. The summed E-state index contributed by atoms with van der Waals surface area (Å²) < 4.78 is 4.71. The molecule has 118 valence electrons. The number of ether oxygens (including phenoxy) is 1. The van der Waals surface area contributed by atoms with Gasteiger partial charge in [-0.2, -0.15) is 0 Å². The Labute approximate surface area is 128 Å². The van der Waals surface area contributed by atoms with E-state index in [1.807, 2.05) is 6.07 Å². The molecule has 0 aliphatic rings. The van der Waals surface area contributed by atoms with Crippen LogP contribution >= 0.6 is 0 Å². The molecule has 4 nitrogen and oxygen atoms in total. The van der Waals surface area contributed by atoms with Crippen LogP contribution in [0, 0.1) is 0 Å². The summed E-state index contributed by atoms with van der Waals surface area (Å²) in [6, 6.07) is 10.5. The van der Waals surface area contributed by atoms with Gasteiger partial charge in [-0.3, -0.25) is 4.79 Å². The van der Waals surface area contributed by atoms with E-state index in [1.165, 1.54) is 12.7 Å². The van der Waals surface area contributed by atoms with Gasteiger partial charge in [0.1, 0.15) is 5.54 Å². The molecule has 1 rings (SSSR count). The van der Waals surface area contributed by atoms with E-state index in [0.717, 1.165) is 32.4 Å². The second-order valence-electron chi connectivity index (χ2n) is 5.91. The van der Waals surface area contributed by atoms with Crippen LogP contribution in [0.25, 0.3) is 0 Å². The van der Waals surface area contributed by atoms with Gasteiger partial charge in [0.2, 0.25) is 0 Å². The largest absolute Gasteiger partial charge is 0.468 e. The number of carbonyl (C=O) groups excluding carboxylic acids is 1. The zero-order valence-electron chi connectivity index (χ0n) is 13.5. The number of rotatable bonds is 9. The maximum atomic E-state index is 11.5. The molecule has 0 amide bonds. The molecule has 0 aliphatic heterocycles. The van der Waals surface area contributed by atoms with Gasteiger partial charge in [-0.25, -0.2) is 0 Å². The van der Waals surface area contributed by atoms with Crippen LogP contribution in [0.3, 0.4) is 0 Å². The monoisotopic (exact) mass is 292 g/mol. The number of nitrogens with two attached hydrogens (primary N) is 1. The molecule has 0 saturated heterocycles. The highest BCUT2D eigenvalue weighted by atomic mass is 16.5. The Kier molecular flexibility index (Phi) is 7.40. The molecule has 0 saturated carbocycles. The van der Waals surface area contributed by atoms with Crippen molar-refractivity contribution in [3.8, 4) is 0 Å². The number of unbranched alkanes of at least 4 members (excludes halogenated alkanes) is 1. The van der Waals surface area contributed by atoms with Crippen molar-refractivity contribution in [3.05, 3.63) is 35.9 Å². The third-order valence-corrected chi connectivity index (χ3v) is 3.76. The molecular formula is C17H28N2O2. The van der Waals surface area contributed by atoms with E-state index >= 15 is 0 Å². The fourth-order valence-electron chi connectivity index (χ4n) is 2.29. The van der Waals surface area contributed by atoms with Crippen molar-refractivity contribution in [2.45, 2.75) is 38.1 Å². The summed E-state index contributed by atoms with van der Waals surface area (Å²) in [4.78, 5) is 13.8. The fraction of sp³-hybridized carbons (Fsp3) is 0.588. The van der Waals surface area contributed by atoms with Crippen molar-refractivity contribution in [1.29, 1.82) is 0 Å². The number of hydrogen-bond donors (Lipinski definition) is 1. The van der Waals surface area contributed by atoms with Crippen LogP contribution in [-0.4, -0.2) is 43.7 Å². The van der Waals surface area contributed by atoms with Crippen LogP contribution in [0.4, 0.5) is 0 Å². The summed E-state index contributed by atoms with van der Waals surface area (Å²) >= 11 is 0. The Morgan fingerprint density at radius 3 is 2.52 bits per heavy atom. The molecule has 0 aromatic heterocycles. The molecule has 0 radical (unpaired) electrons. The quantitative estimate of drug-likeness (QED) is 0.560. The van der Waals surface area contributed by atoms with Gasteiger partial charge in [0, 0.05) is 6.54 Å². The van der Waals surface area contributed by atoms with Crippen LogP contribution in [0.2, 0.25) is 0 Å². The van der Waals surface area contributed by atoms with E-state index in [2.05, 4.69) is 36.2 Å². The van der Waals surface area contributed by atoms with Gasteiger partial charge < -0.3 is 15.4 Å². The first kappa shape index (κ1) is 17.7. The van der Waals surface area contributed by atoms with Crippen molar-refractivity contribution in [3.63, 3.8) is 0 Å². The smallest absolute Gasteiger partial charge is 0.325 e. The third-order valence-electron chi connectivity index (χ3n) is 3.76. The highest BCUT2D eigenvalue weighted by Gasteiger charge is 2.28. The number of likely N-dealkylation sites (N-methyl/N-ethyl adjacent to an activating group) is 1. The normalized spacial score (nSPS) is 14.0. The number of methoxy groups -OCH3 is 1. The predicted molar refractivity (Wildman–Crippen MR) is 86.1 cm³/mol. The second-order valence-corrected chi connectivity index (χ2v) is 5.91. The molecule has 1 aromatic rings. The number of esters is 1. The average Bonchev–Trinajstić information content (AvgIpc) is 2.49. The molecule has 0 spiro atoms. The summed E-state index contributed by atoms with van der Waals surface area (Å²) in [7, 11) is 3.51. The van der Waals surface area contributed by atoms with Crippen molar-refractivity contribution in [2.24, 2.45) is 5.73 Å². The van der Waals surface area contributed by atoms with E-state index in [0.29, 0.717) is 6.42 Å². The second kappa shape index (κ2) is 8.80. The Hall–Kier alpha value is -1.39. The molecule has 1 aromatic carbocycles. The van der Waals surface area contributed by atoms with E-state index < -0.39 is 5.54 Å². The Morgan fingerprint density at radius 1 is 1.24 bits per heavy atom. The van der Waals surface area contributed by atoms with Gasteiger partial charge >= 0.3 is 5.97 Å². The summed E-state index contributed by atoms with van der Waals surface area (Å²) in [6.07, 6.45) is 3.69. The van der Waals surface area contributed by atoms with E-state index in [4.69, 9.17) is 10.5 Å². The molecule has 0 heterocycles. The highest BCUT2D eigenvalue weighted by Crippen LogP contribution is 2.12. The summed E-state index contributed by atoms with van der Waals surface area (Å²) in [6.45, 7) is 3.79. The van der Waals surface area contributed by atoms with Crippen LogP contribution < -0.4 is 5.73 Å². The first-order chi connectivity index (χ1) is 9.95. The van der Waals surface area contributed by atoms with Crippen LogP contribution in [0.15, 0.2) is 30.3 Å². The molecule has 2 N–H and O–H groups in total. The Morgan fingerprint density at radius 2 is 1.90 bits per heavy atom. The summed E-state index contributed by atoms with van der Waals surface area (Å²) in [5.41, 5.74) is 6.44.